The summed E-state index contributed by atoms with van der Waals surface area (Å²) in [6, 6.07) is 9.51. The normalized spacial score (nSPS) is 14.3. The van der Waals surface area contributed by atoms with Crippen LogP contribution in [-0.4, -0.2) is 18.3 Å². The second-order valence-electron chi connectivity index (χ2n) is 5.52. The van der Waals surface area contributed by atoms with Crippen molar-refractivity contribution in [2.45, 2.75) is 57.9 Å². The van der Waals surface area contributed by atoms with Crippen molar-refractivity contribution in [3.63, 3.8) is 0 Å². The number of benzene rings is 1. The molecular weight excluding hydrogens is 250 g/mol. The first-order valence-corrected chi connectivity index (χ1v) is 8.57. The van der Waals surface area contributed by atoms with Crippen molar-refractivity contribution in [2.24, 2.45) is 5.92 Å². The molecular formula is C17H29NS. The van der Waals surface area contributed by atoms with Gasteiger partial charge in [0.25, 0.3) is 0 Å². The Morgan fingerprint density at radius 1 is 1.16 bits per heavy atom. The molecule has 2 atom stereocenters. The lowest BCUT2D eigenvalue weighted by Gasteiger charge is -2.21. The summed E-state index contributed by atoms with van der Waals surface area (Å²) >= 11 is 1.98. The van der Waals surface area contributed by atoms with Gasteiger partial charge < -0.3 is 5.32 Å². The first-order chi connectivity index (χ1) is 9.15. The van der Waals surface area contributed by atoms with Gasteiger partial charge in [0.1, 0.15) is 0 Å². The van der Waals surface area contributed by atoms with Crippen molar-refractivity contribution in [1.82, 2.24) is 5.32 Å². The molecule has 0 saturated heterocycles. The maximum atomic E-state index is 3.70. The van der Waals surface area contributed by atoms with Crippen molar-refractivity contribution in [2.75, 3.05) is 12.3 Å². The average Bonchev–Trinajstić information content (AvgIpc) is 2.43. The lowest BCUT2D eigenvalue weighted by Crippen LogP contribution is -2.33. The van der Waals surface area contributed by atoms with Gasteiger partial charge in [-0.1, -0.05) is 44.9 Å². The van der Waals surface area contributed by atoms with Crippen molar-refractivity contribution in [3.8, 4) is 0 Å². The molecule has 0 bridgehead atoms. The van der Waals surface area contributed by atoms with Gasteiger partial charge in [-0.05, 0) is 44.4 Å². The fourth-order valence-electron chi connectivity index (χ4n) is 2.04. The predicted molar refractivity (Wildman–Crippen MR) is 88.1 cm³/mol. The van der Waals surface area contributed by atoms with E-state index >= 15 is 0 Å². The van der Waals surface area contributed by atoms with Crippen molar-refractivity contribution in [3.05, 3.63) is 29.8 Å². The summed E-state index contributed by atoms with van der Waals surface area (Å²) in [7, 11) is 0. The van der Waals surface area contributed by atoms with E-state index in [1.165, 1.54) is 35.5 Å². The zero-order valence-corrected chi connectivity index (χ0v) is 13.7. The zero-order chi connectivity index (χ0) is 14.1. The Balaban J connectivity index is 2.44. The molecule has 2 unspecified atom stereocenters. The average molecular weight is 279 g/mol. The topological polar surface area (TPSA) is 12.0 Å². The highest BCUT2D eigenvalue weighted by Gasteiger charge is 2.12. The molecule has 0 saturated carbocycles. The van der Waals surface area contributed by atoms with Crippen molar-refractivity contribution in [1.29, 1.82) is 0 Å². The Hall–Kier alpha value is -0.470. The number of nitrogens with one attached hydrogen (secondary N) is 1. The van der Waals surface area contributed by atoms with Crippen molar-refractivity contribution >= 4 is 11.8 Å². The maximum Gasteiger partial charge on any atom is 0.0164 e. The van der Waals surface area contributed by atoms with E-state index in [4.69, 9.17) is 0 Å². The van der Waals surface area contributed by atoms with Gasteiger partial charge >= 0.3 is 0 Å². The van der Waals surface area contributed by atoms with Crippen LogP contribution in [0.2, 0.25) is 0 Å². The van der Waals surface area contributed by atoms with Gasteiger partial charge in [-0.2, -0.15) is 0 Å². The van der Waals surface area contributed by atoms with E-state index in [0.29, 0.717) is 6.04 Å². The first kappa shape index (κ1) is 16.6. The van der Waals surface area contributed by atoms with Crippen LogP contribution < -0.4 is 5.32 Å². The molecule has 1 nitrogen and oxygen atoms in total. The Morgan fingerprint density at radius 3 is 2.42 bits per heavy atom. The van der Waals surface area contributed by atoms with Crippen LogP contribution in [-0.2, 0) is 0 Å². The molecule has 0 aliphatic heterocycles. The molecule has 2 heteroatoms. The number of rotatable bonds is 9. The third-order valence-corrected chi connectivity index (χ3v) is 4.71. The van der Waals surface area contributed by atoms with E-state index in [1.807, 2.05) is 11.8 Å². The molecule has 0 aromatic heterocycles. The molecule has 0 heterocycles. The summed E-state index contributed by atoms with van der Waals surface area (Å²) in [6.45, 7) is 10.2. The fraction of sp³-hybridized carbons (Fsp3) is 0.647. The van der Waals surface area contributed by atoms with Crippen LogP contribution in [0, 0.1) is 12.8 Å². The van der Waals surface area contributed by atoms with Crippen molar-refractivity contribution < 1.29 is 0 Å². The number of hydrogen-bond donors (Lipinski definition) is 1. The van der Waals surface area contributed by atoms with Gasteiger partial charge in [0.05, 0.1) is 0 Å². The van der Waals surface area contributed by atoms with Crippen LogP contribution in [0.1, 0.15) is 45.6 Å². The molecule has 0 aliphatic carbocycles. The highest BCUT2D eigenvalue weighted by Crippen LogP contribution is 2.21. The second kappa shape index (κ2) is 9.44. The van der Waals surface area contributed by atoms with E-state index in [0.717, 1.165) is 12.5 Å². The summed E-state index contributed by atoms with van der Waals surface area (Å²) in [6.07, 6.45) is 3.78. The molecule has 0 radical (unpaired) electrons. The van der Waals surface area contributed by atoms with Gasteiger partial charge in [-0.3, -0.25) is 0 Å². The molecule has 108 valence electrons. The molecule has 19 heavy (non-hydrogen) atoms. The molecule has 1 rings (SSSR count). The van der Waals surface area contributed by atoms with Crippen LogP contribution >= 0.6 is 11.8 Å². The van der Waals surface area contributed by atoms with E-state index < -0.39 is 0 Å². The third kappa shape index (κ3) is 7.03. The molecule has 1 aromatic rings. The molecule has 0 fully saturated rings. The van der Waals surface area contributed by atoms with E-state index in [9.17, 15) is 0 Å². The van der Waals surface area contributed by atoms with Gasteiger partial charge in [0.2, 0.25) is 0 Å². The van der Waals surface area contributed by atoms with E-state index in [2.05, 4.69) is 57.3 Å². The molecule has 1 aromatic carbocycles. The summed E-state index contributed by atoms with van der Waals surface area (Å²) < 4.78 is 0. The van der Waals surface area contributed by atoms with Gasteiger partial charge in [-0.15, -0.1) is 11.8 Å². The number of hydrogen-bond acceptors (Lipinski definition) is 2. The third-order valence-electron chi connectivity index (χ3n) is 3.54. The lowest BCUT2D eigenvalue weighted by atomic mass is 10.0. The van der Waals surface area contributed by atoms with Crippen LogP contribution in [0.15, 0.2) is 29.2 Å². The molecule has 0 aliphatic rings. The molecule has 1 N–H and O–H groups in total. The monoisotopic (exact) mass is 279 g/mol. The summed E-state index contributed by atoms with van der Waals surface area (Å²) in [4.78, 5) is 1.39. The standard InChI is InChI=1S/C17H29NS/c1-5-11-18-16(12-14(3)6-2)13-19-17-9-7-15(4)8-10-17/h7-10,14,16,18H,5-6,11-13H2,1-4H3. The summed E-state index contributed by atoms with van der Waals surface area (Å²) in [5, 5.41) is 3.70. The van der Waals surface area contributed by atoms with Crippen LogP contribution in [0.25, 0.3) is 0 Å². The summed E-state index contributed by atoms with van der Waals surface area (Å²) in [5.41, 5.74) is 1.34. The fourth-order valence-corrected chi connectivity index (χ4v) is 3.02. The number of thioether (sulfide) groups is 1. The van der Waals surface area contributed by atoms with Gasteiger partial charge in [0, 0.05) is 16.7 Å². The van der Waals surface area contributed by atoms with E-state index in [1.54, 1.807) is 0 Å². The summed E-state index contributed by atoms with van der Waals surface area (Å²) in [5.74, 6) is 1.99. The van der Waals surface area contributed by atoms with Crippen LogP contribution in [0.5, 0.6) is 0 Å². The Labute approximate surface area is 123 Å². The minimum atomic E-state index is 0.640. The minimum Gasteiger partial charge on any atom is -0.313 e. The largest absolute Gasteiger partial charge is 0.313 e. The lowest BCUT2D eigenvalue weighted by molar-refractivity contribution is 0.417. The highest BCUT2D eigenvalue weighted by atomic mass is 32.2. The van der Waals surface area contributed by atoms with Gasteiger partial charge in [0.15, 0.2) is 0 Å². The Bertz CT molecular complexity index is 334. The van der Waals surface area contributed by atoms with Crippen LogP contribution in [0.4, 0.5) is 0 Å². The zero-order valence-electron chi connectivity index (χ0n) is 12.9. The minimum absolute atomic E-state index is 0.640. The Kier molecular flexibility index (Phi) is 8.24. The highest BCUT2D eigenvalue weighted by molar-refractivity contribution is 7.99. The second-order valence-corrected chi connectivity index (χ2v) is 6.62. The quantitative estimate of drug-likeness (QED) is 0.646. The molecule has 0 amide bonds. The smallest absolute Gasteiger partial charge is 0.0164 e. The SMILES string of the molecule is CCCNC(CSc1ccc(C)cc1)CC(C)CC. The van der Waals surface area contributed by atoms with Crippen LogP contribution in [0.3, 0.4) is 0 Å². The molecule has 0 spiro atoms. The predicted octanol–water partition coefficient (Wildman–Crippen LogP) is 4.89. The number of aryl methyl sites for hydroxylation is 1. The maximum absolute atomic E-state index is 3.70. The first-order valence-electron chi connectivity index (χ1n) is 7.58. The van der Waals surface area contributed by atoms with E-state index in [-0.39, 0.29) is 0 Å². The Morgan fingerprint density at radius 2 is 1.84 bits per heavy atom. The van der Waals surface area contributed by atoms with Gasteiger partial charge in [-0.25, -0.2) is 0 Å².